The molecule has 9 heteroatoms. The monoisotopic (exact) mass is 429 g/mol. The number of sulfonamides is 1. The highest BCUT2D eigenvalue weighted by molar-refractivity contribution is 7.94. The Kier molecular flexibility index (Phi) is 7.27. The summed E-state index contributed by atoms with van der Waals surface area (Å²) in [5.41, 5.74) is 6.81. The Balaban J connectivity index is 0.00000261. The van der Waals surface area contributed by atoms with Gasteiger partial charge in [0.1, 0.15) is 4.21 Å². The van der Waals surface area contributed by atoms with E-state index in [1.807, 2.05) is 4.90 Å². The van der Waals surface area contributed by atoms with Crippen molar-refractivity contribution in [3.63, 3.8) is 0 Å². The predicted octanol–water partition coefficient (Wildman–Crippen LogP) is 3.17. The third kappa shape index (κ3) is 5.01. The van der Waals surface area contributed by atoms with Crippen molar-refractivity contribution in [2.24, 2.45) is 11.7 Å². The van der Waals surface area contributed by atoms with Crippen LogP contribution >= 0.6 is 23.7 Å². The fourth-order valence-electron chi connectivity index (χ4n) is 3.21. The molecule has 1 aromatic carbocycles. The Labute approximate surface area is 170 Å². The average molecular weight is 430 g/mol. The zero-order valence-electron chi connectivity index (χ0n) is 15.0. The Morgan fingerprint density at radius 1 is 1.30 bits per heavy atom. The van der Waals surface area contributed by atoms with Crippen LogP contribution in [-0.2, 0) is 10.0 Å². The molecule has 148 valence electrons. The Bertz CT molecular complexity index is 854. The first-order valence-corrected chi connectivity index (χ1v) is 10.9. The molecule has 2 aromatic rings. The normalized spacial score (nSPS) is 20.0. The summed E-state index contributed by atoms with van der Waals surface area (Å²) in [5, 5.41) is 1.71. The molecule has 2 atom stereocenters. The van der Waals surface area contributed by atoms with Crippen LogP contribution in [0, 0.1) is 5.92 Å². The van der Waals surface area contributed by atoms with Crippen LogP contribution in [0.1, 0.15) is 30.1 Å². The number of benzene rings is 1. The Morgan fingerprint density at radius 2 is 2.00 bits per heavy atom. The number of rotatable bonds is 5. The maximum atomic E-state index is 12.8. The second-order valence-corrected chi connectivity index (χ2v) is 9.49. The molecule has 0 saturated carbocycles. The van der Waals surface area contributed by atoms with Crippen LogP contribution in [-0.4, -0.2) is 38.4 Å². The van der Waals surface area contributed by atoms with Gasteiger partial charge in [-0.2, -0.15) is 0 Å². The molecule has 1 amide bonds. The Morgan fingerprint density at radius 3 is 2.59 bits per heavy atom. The molecule has 0 radical (unpaired) electrons. The quantitative estimate of drug-likeness (QED) is 0.763. The summed E-state index contributed by atoms with van der Waals surface area (Å²) in [6.07, 6.45) is 1.89. The summed E-state index contributed by atoms with van der Waals surface area (Å²) in [4.78, 5) is 14.6. The van der Waals surface area contributed by atoms with E-state index < -0.39 is 10.0 Å². The van der Waals surface area contributed by atoms with E-state index in [0.717, 1.165) is 24.2 Å². The van der Waals surface area contributed by atoms with Crippen LogP contribution in [0.15, 0.2) is 46.0 Å². The lowest BCUT2D eigenvalue weighted by Gasteiger charge is -2.38. The Hall–Kier alpha value is -1.61. The van der Waals surface area contributed by atoms with Crippen molar-refractivity contribution in [2.45, 2.75) is 30.0 Å². The SMILES string of the molecule is CC1CCN(C(=O)c2ccc(NS(=O)(=O)c3cccs3)cc2)C(CN)C1.Cl. The maximum absolute atomic E-state index is 12.8. The van der Waals surface area contributed by atoms with Crippen LogP contribution in [0.5, 0.6) is 0 Å². The molecule has 1 aromatic heterocycles. The summed E-state index contributed by atoms with van der Waals surface area (Å²) in [5.74, 6) is 0.515. The van der Waals surface area contributed by atoms with E-state index in [1.54, 1.807) is 41.8 Å². The van der Waals surface area contributed by atoms with E-state index in [1.165, 1.54) is 0 Å². The summed E-state index contributed by atoms with van der Waals surface area (Å²) in [6.45, 7) is 3.34. The molecule has 0 aliphatic carbocycles. The van der Waals surface area contributed by atoms with Gasteiger partial charge in [-0.25, -0.2) is 8.42 Å². The number of anilines is 1. The minimum Gasteiger partial charge on any atom is -0.334 e. The fraction of sp³-hybridized carbons (Fsp3) is 0.389. The standard InChI is InChI=1S/C18H23N3O3S2.ClH/c1-13-8-9-21(16(11-13)12-19)18(22)14-4-6-15(7-5-14)20-26(23,24)17-3-2-10-25-17;/h2-7,10,13,16,20H,8-9,11-12,19H2,1H3;1H. The predicted molar refractivity (Wildman–Crippen MR) is 111 cm³/mol. The van der Waals surface area contributed by atoms with Crippen molar-refractivity contribution in [1.29, 1.82) is 0 Å². The number of nitrogens with one attached hydrogen (secondary N) is 1. The van der Waals surface area contributed by atoms with Gasteiger partial charge in [0.25, 0.3) is 15.9 Å². The van der Waals surface area contributed by atoms with Crippen LogP contribution in [0.2, 0.25) is 0 Å². The van der Waals surface area contributed by atoms with E-state index in [-0.39, 0.29) is 28.6 Å². The molecule has 27 heavy (non-hydrogen) atoms. The van der Waals surface area contributed by atoms with Crippen molar-refractivity contribution in [2.75, 3.05) is 17.8 Å². The van der Waals surface area contributed by atoms with Gasteiger partial charge < -0.3 is 10.6 Å². The highest BCUT2D eigenvalue weighted by Crippen LogP contribution is 2.25. The van der Waals surface area contributed by atoms with E-state index >= 15 is 0 Å². The summed E-state index contributed by atoms with van der Waals surface area (Å²) in [7, 11) is -3.59. The molecule has 0 bridgehead atoms. The number of thiophene rings is 1. The highest BCUT2D eigenvalue weighted by Gasteiger charge is 2.29. The third-order valence-electron chi connectivity index (χ3n) is 4.65. The number of carbonyl (C=O) groups excluding carboxylic acids is 1. The largest absolute Gasteiger partial charge is 0.334 e. The minimum atomic E-state index is -3.59. The second kappa shape index (κ2) is 9.05. The zero-order valence-corrected chi connectivity index (χ0v) is 17.4. The first-order chi connectivity index (χ1) is 12.4. The number of halogens is 1. The second-order valence-electron chi connectivity index (χ2n) is 6.63. The number of carbonyl (C=O) groups is 1. The van der Waals surface area contributed by atoms with Crippen molar-refractivity contribution >= 4 is 45.4 Å². The number of likely N-dealkylation sites (tertiary alicyclic amines) is 1. The number of nitrogens with two attached hydrogens (primary N) is 1. The molecule has 3 N–H and O–H groups in total. The van der Waals surface area contributed by atoms with Gasteiger partial charge in [-0.15, -0.1) is 23.7 Å². The van der Waals surface area contributed by atoms with Gasteiger partial charge in [0, 0.05) is 30.4 Å². The highest BCUT2D eigenvalue weighted by atomic mass is 35.5. The molecule has 2 heterocycles. The van der Waals surface area contributed by atoms with Gasteiger partial charge in [-0.1, -0.05) is 13.0 Å². The van der Waals surface area contributed by atoms with Gasteiger partial charge in [-0.05, 0) is 54.5 Å². The van der Waals surface area contributed by atoms with Crippen LogP contribution in [0.4, 0.5) is 5.69 Å². The van der Waals surface area contributed by atoms with Gasteiger partial charge >= 0.3 is 0 Å². The molecular weight excluding hydrogens is 406 g/mol. The van der Waals surface area contributed by atoms with E-state index in [9.17, 15) is 13.2 Å². The number of amides is 1. The average Bonchev–Trinajstić information content (AvgIpc) is 3.17. The lowest BCUT2D eigenvalue weighted by molar-refractivity contribution is 0.0573. The molecule has 2 unspecified atom stereocenters. The van der Waals surface area contributed by atoms with Gasteiger partial charge in [-0.3, -0.25) is 9.52 Å². The van der Waals surface area contributed by atoms with Crippen molar-refractivity contribution in [3.05, 3.63) is 47.3 Å². The number of piperidine rings is 1. The molecular formula is C18H24ClN3O3S2. The van der Waals surface area contributed by atoms with Crippen LogP contribution in [0.25, 0.3) is 0 Å². The smallest absolute Gasteiger partial charge is 0.271 e. The number of nitrogens with zero attached hydrogens (tertiary/aromatic N) is 1. The number of hydrogen-bond donors (Lipinski definition) is 2. The molecule has 1 aliphatic rings. The van der Waals surface area contributed by atoms with Crippen molar-refractivity contribution in [1.82, 2.24) is 4.90 Å². The van der Waals surface area contributed by atoms with Gasteiger partial charge in [0.15, 0.2) is 0 Å². The van der Waals surface area contributed by atoms with E-state index in [2.05, 4.69) is 11.6 Å². The molecule has 1 saturated heterocycles. The van der Waals surface area contributed by atoms with Crippen molar-refractivity contribution < 1.29 is 13.2 Å². The minimum absolute atomic E-state index is 0. The van der Waals surface area contributed by atoms with Gasteiger partial charge in [0.05, 0.1) is 0 Å². The molecule has 1 aliphatic heterocycles. The maximum Gasteiger partial charge on any atom is 0.271 e. The lowest BCUT2D eigenvalue weighted by atomic mass is 9.92. The summed E-state index contributed by atoms with van der Waals surface area (Å²) >= 11 is 1.16. The molecule has 1 fully saturated rings. The molecule has 0 spiro atoms. The molecule has 6 nitrogen and oxygen atoms in total. The molecule has 3 rings (SSSR count). The first-order valence-electron chi connectivity index (χ1n) is 8.58. The first kappa shape index (κ1) is 21.7. The topological polar surface area (TPSA) is 92.5 Å². The summed E-state index contributed by atoms with van der Waals surface area (Å²) < 4.78 is 27.3. The lowest BCUT2D eigenvalue weighted by Crippen LogP contribution is -2.49. The summed E-state index contributed by atoms with van der Waals surface area (Å²) in [6, 6.07) is 9.83. The van der Waals surface area contributed by atoms with Crippen LogP contribution < -0.4 is 10.5 Å². The number of hydrogen-bond acceptors (Lipinski definition) is 5. The zero-order chi connectivity index (χ0) is 18.7. The fourth-order valence-corrected chi connectivity index (χ4v) is 5.26. The van der Waals surface area contributed by atoms with Crippen LogP contribution in [0.3, 0.4) is 0 Å². The third-order valence-corrected chi connectivity index (χ3v) is 7.43. The van der Waals surface area contributed by atoms with E-state index in [4.69, 9.17) is 5.73 Å². The van der Waals surface area contributed by atoms with Crippen molar-refractivity contribution in [3.8, 4) is 0 Å². The van der Waals surface area contributed by atoms with E-state index in [0.29, 0.717) is 30.3 Å². The van der Waals surface area contributed by atoms with Gasteiger partial charge in [0.2, 0.25) is 0 Å².